The van der Waals surface area contributed by atoms with Crippen LogP contribution >= 0.6 is 0 Å². The largest absolute Gasteiger partial charge is 0.454 e. The molecule has 0 aliphatic carbocycles. The van der Waals surface area contributed by atoms with E-state index < -0.39 is 67.4 Å². The zero-order valence-electron chi connectivity index (χ0n) is 53.7. The van der Waals surface area contributed by atoms with Crippen molar-refractivity contribution in [1.29, 1.82) is 0 Å². The molecule has 8 atom stereocenters. The summed E-state index contributed by atoms with van der Waals surface area (Å²) in [5.74, 6) is -1.25. The average Bonchev–Trinajstić information content (AvgIpc) is 3.16. The minimum Gasteiger partial charge on any atom is -0.454 e. The Morgan fingerprint density at radius 1 is 0.482 bits per heavy atom. The smallest absolute Gasteiger partial charge is 0.306 e. The van der Waals surface area contributed by atoms with Gasteiger partial charge in [-0.15, -0.1) is 0 Å². The van der Waals surface area contributed by atoms with Crippen LogP contribution in [0.25, 0.3) is 0 Å². The average molecular weight is 1190 g/mol. The minimum atomic E-state index is -1.64. The van der Waals surface area contributed by atoms with Gasteiger partial charge in [0, 0.05) is 6.42 Å². The Labute approximate surface area is 518 Å². The van der Waals surface area contributed by atoms with Crippen molar-refractivity contribution in [2.24, 2.45) is 0 Å². The van der Waals surface area contributed by atoms with Gasteiger partial charge in [0.1, 0.15) is 24.4 Å². The lowest BCUT2D eigenvalue weighted by Crippen LogP contribution is -2.61. The van der Waals surface area contributed by atoms with Crippen molar-refractivity contribution in [1.82, 2.24) is 5.32 Å². The van der Waals surface area contributed by atoms with Crippen LogP contribution in [0.1, 0.15) is 258 Å². The van der Waals surface area contributed by atoms with Crippen LogP contribution in [0.4, 0.5) is 0 Å². The normalized spacial score (nSPS) is 19.3. The lowest BCUT2D eigenvalue weighted by Gasteiger charge is -2.41. The Hall–Kier alpha value is -4.20. The summed E-state index contributed by atoms with van der Waals surface area (Å²) >= 11 is 0. The molecule has 0 aromatic carbocycles. The van der Waals surface area contributed by atoms with Gasteiger partial charge in [0.25, 0.3) is 0 Å². The Kier molecular flexibility index (Phi) is 55.7. The molecule has 0 aromatic rings. The van der Waals surface area contributed by atoms with E-state index in [0.29, 0.717) is 12.8 Å². The van der Waals surface area contributed by atoms with Crippen molar-refractivity contribution in [2.75, 3.05) is 13.2 Å². The molecule has 0 radical (unpaired) electrons. The molecule has 484 valence electrons. The maximum atomic E-state index is 13.5. The van der Waals surface area contributed by atoms with Crippen LogP contribution in [0, 0.1) is 0 Å². The molecule has 1 heterocycles. The van der Waals surface area contributed by atoms with E-state index in [2.05, 4.69) is 86.8 Å². The van der Waals surface area contributed by atoms with Gasteiger partial charge in [-0.1, -0.05) is 296 Å². The monoisotopic (exact) mass is 1190 g/mol. The van der Waals surface area contributed by atoms with Crippen molar-refractivity contribution >= 4 is 11.9 Å². The molecule has 1 amide bonds. The molecular formula is C74H123NO10. The van der Waals surface area contributed by atoms with Crippen LogP contribution in [0.5, 0.6) is 0 Å². The van der Waals surface area contributed by atoms with Crippen molar-refractivity contribution in [3.63, 3.8) is 0 Å². The third-order valence-corrected chi connectivity index (χ3v) is 15.2. The number of unbranched alkanes of at least 4 members (excludes halogenated alkanes) is 27. The van der Waals surface area contributed by atoms with Crippen LogP contribution in [0.3, 0.4) is 0 Å². The van der Waals surface area contributed by atoms with Crippen molar-refractivity contribution in [2.45, 2.75) is 307 Å². The molecule has 6 N–H and O–H groups in total. The quantitative estimate of drug-likeness (QED) is 0.0149. The van der Waals surface area contributed by atoms with Crippen LogP contribution in [0.15, 0.2) is 134 Å². The van der Waals surface area contributed by atoms with Gasteiger partial charge < -0.3 is 45.1 Å². The van der Waals surface area contributed by atoms with Gasteiger partial charge in [0.2, 0.25) is 5.91 Å². The number of esters is 1. The van der Waals surface area contributed by atoms with E-state index >= 15 is 0 Å². The zero-order valence-corrected chi connectivity index (χ0v) is 53.7. The fourth-order valence-electron chi connectivity index (χ4n) is 9.84. The number of hydrogen-bond acceptors (Lipinski definition) is 10. The summed E-state index contributed by atoms with van der Waals surface area (Å²) in [6, 6.07) is -1.05. The first kappa shape index (κ1) is 78.8. The van der Waals surface area contributed by atoms with E-state index in [0.717, 1.165) is 96.3 Å². The van der Waals surface area contributed by atoms with Crippen LogP contribution in [0.2, 0.25) is 0 Å². The Balaban J connectivity index is 2.64. The highest BCUT2D eigenvalue weighted by Gasteiger charge is 2.47. The molecule has 1 saturated heterocycles. The summed E-state index contributed by atoms with van der Waals surface area (Å²) < 4.78 is 17.6. The fourth-order valence-corrected chi connectivity index (χ4v) is 9.84. The maximum absolute atomic E-state index is 13.5. The second kappa shape index (κ2) is 60.1. The topological polar surface area (TPSA) is 175 Å². The summed E-state index contributed by atoms with van der Waals surface area (Å²) in [7, 11) is 0. The van der Waals surface area contributed by atoms with Crippen LogP contribution in [-0.2, 0) is 23.8 Å². The van der Waals surface area contributed by atoms with Gasteiger partial charge in [-0.3, -0.25) is 9.59 Å². The van der Waals surface area contributed by atoms with E-state index in [1.807, 2.05) is 66.8 Å². The predicted octanol–water partition coefficient (Wildman–Crippen LogP) is 17.2. The fraction of sp³-hybridized carbons (Fsp3) is 0.676. The number of carbonyl (C=O) groups is 2. The molecule has 11 heteroatoms. The summed E-state index contributed by atoms with van der Waals surface area (Å²) in [6.07, 6.45) is 74.8. The molecule has 0 spiro atoms. The van der Waals surface area contributed by atoms with Crippen molar-refractivity contribution in [3.8, 4) is 0 Å². The minimum absolute atomic E-state index is 0.0648. The maximum Gasteiger partial charge on any atom is 0.306 e. The van der Waals surface area contributed by atoms with Gasteiger partial charge in [0.05, 0.1) is 25.4 Å². The van der Waals surface area contributed by atoms with E-state index in [-0.39, 0.29) is 19.4 Å². The lowest BCUT2D eigenvalue weighted by atomic mass is 9.99. The highest BCUT2D eigenvalue weighted by atomic mass is 16.7. The summed E-state index contributed by atoms with van der Waals surface area (Å²) in [5, 5.41) is 57.2. The predicted molar refractivity (Wildman–Crippen MR) is 356 cm³/mol. The molecule has 0 aromatic heterocycles. The first-order chi connectivity index (χ1) is 41.7. The Bertz CT molecular complexity index is 1890. The van der Waals surface area contributed by atoms with E-state index in [4.69, 9.17) is 14.2 Å². The second-order valence-electron chi connectivity index (χ2n) is 23.0. The van der Waals surface area contributed by atoms with Gasteiger partial charge in [0.15, 0.2) is 12.4 Å². The molecule has 85 heavy (non-hydrogen) atoms. The number of hydrogen-bond donors (Lipinski definition) is 6. The summed E-state index contributed by atoms with van der Waals surface area (Å²) in [4.78, 5) is 26.6. The van der Waals surface area contributed by atoms with Crippen molar-refractivity contribution in [3.05, 3.63) is 134 Å². The number of nitrogens with one attached hydrogen (secondary N) is 1. The molecule has 8 unspecified atom stereocenters. The molecule has 1 aliphatic rings. The number of rotatable bonds is 56. The van der Waals surface area contributed by atoms with Gasteiger partial charge in [-0.05, 0) is 89.9 Å². The molecule has 0 saturated carbocycles. The highest BCUT2D eigenvalue weighted by Crippen LogP contribution is 2.26. The van der Waals surface area contributed by atoms with Crippen molar-refractivity contribution < 1.29 is 49.3 Å². The van der Waals surface area contributed by atoms with Gasteiger partial charge in [-0.2, -0.15) is 0 Å². The zero-order chi connectivity index (χ0) is 61.7. The standard InChI is InChI=1S/C74H123NO10/c1-4-7-10-13-16-19-22-25-27-29-30-31-32-33-34-35-36-37-39-40-43-46-49-52-55-58-61-67(78)73(82)75-65(66(77)60-57-54-51-48-45-42-24-21-18-15-12-9-6-3)64-83-74-72(71(81)70(80)68(63-76)84-74)85-69(79)62-59-56-53-50-47-44-41-38-28-26-23-20-17-14-11-8-5-2/h8,11,14,16-17,19-20,23,25-28,30-31,33-34,38,41,44,47,57,60,65-68,70-72,74,76-78,80-81H,4-7,9-10,12-13,15,18,21-22,24,29,32,35-37,39-40,42-43,45-46,48-56,58-59,61-64H2,1-3H3,(H,75,82)/b11-8-,17-14+,19-16-,23-20+,27-25-,28-26-,31-30-,34-33-,41-38+,47-44+,60-57+. The first-order valence-electron chi connectivity index (χ1n) is 34.0. The van der Waals surface area contributed by atoms with E-state index in [1.54, 1.807) is 6.08 Å². The second-order valence-corrected chi connectivity index (χ2v) is 23.0. The molecular weight excluding hydrogens is 1060 g/mol. The van der Waals surface area contributed by atoms with Gasteiger partial charge >= 0.3 is 5.97 Å². The van der Waals surface area contributed by atoms with E-state index in [9.17, 15) is 35.1 Å². The third kappa shape index (κ3) is 47.5. The first-order valence-corrected chi connectivity index (χ1v) is 34.0. The number of aliphatic hydroxyl groups is 5. The molecule has 11 nitrogen and oxygen atoms in total. The summed E-state index contributed by atoms with van der Waals surface area (Å²) in [5.41, 5.74) is 0. The molecule has 1 fully saturated rings. The lowest BCUT2D eigenvalue weighted by molar-refractivity contribution is -0.305. The third-order valence-electron chi connectivity index (χ3n) is 15.2. The SMILES string of the molecule is CC\C=C/C=C/C=C/C=C\C=C\C=C\CCCCCC(=O)OC1C(OCC(NC(=O)C(O)CCCCCCCCCCCC/C=C\C/C=C\C/C=C\C/C=C\CCCCC)C(O)/C=C/CCCCCCCCCCCCC)OC(CO)C(O)C1O. The molecule has 1 rings (SSSR count). The number of aliphatic hydroxyl groups excluding tert-OH is 5. The van der Waals surface area contributed by atoms with E-state index in [1.165, 1.54) is 116 Å². The van der Waals surface area contributed by atoms with Gasteiger partial charge in [-0.25, -0.2) is 0 Å². The highest BCUT2D eigenvalue weighted by molar-refractivity contribution is 5.80. The number of amides is 1. The molecule has 1 aliphatic heterocycles. The summed E-state index contributed by atoms with van der Waals surface area (Å²) in [6.45, 7) is 5.59. The number of carbonyl (C=O) groups excluding carboxylic acids is 2. The van der Waals surface area contributed by atoms with Crippen LogP contribution in [-0.4, -0.2) is 99.6 Å². The number of allylic oxidation sites excluding steroid dienone is 21. The molecule has 0 bridgehead atoms. The Morgan fingerprint density at radius 3 is 1.40 bits per heavy atom. The van der Waals surface area contributed by atoms with Crippen LogP contribution < -0.4 is 5.32 Å². The number of ether oxygens (including phenoxy) is 3. The Morgan fingerprint density at radius 2 is 0.894 bits per heavy atom.